The maximum Gasteiger partial charge on any atom is 0.330 e. The molecule has 1 heterocycles. The van der Waals surface area contributed by atoms with Gasteiger partial charge in [-0.1, -0.05) is 5.57 Å². The molecule has 2 aliphatic rings. The van der Waals surface area contributed by atoms with Crippen molar-refractivity contribution in [1.29, 1.82) is 0 Å². The van der Waals surface area contributed by atoms with Crippen molar-refractivity contribution in [2.75, 3.05) is 19.8 Å². The lowest BCUT2D eigenvalue weighted by molar-refractivity contribution is -0.171. The van der Waals surface area contributed by atoms with E-state index in [0.29, 0.717) is 5.57 Å². The fourth-order valence-electron chi connectivity index (χ4n) is 4.54. The van der Waals surface area contributed by atoms with Crippen LogP contribution < -0.4 is 0 Å². The van der Waals surface area contributed by atoms with Crippen LogP contribution in [0.5, 0.6) is 0 Å². The molecule has 7 nitrogen and oxygen atoms in total. The summed E-state index contributed by atoms with van der Waals surface area (Å²) < 4.78 is 21.6. The number of hydrogen-bond donors (Lipinski definition) is 0. The minimum Gasteiger partial charge on any atom is -0.468 e. The van der Waals surface area contributed by atoms with Gasteiger partial charge in [0.2, 0.25) is 0 Å². The van der Waals surface area contributed by atoms with Gasteiger partial charge in [-0.05, 0) is 70.4 Å². The van der Waals surface area contributed by atoms with Gasteiger partial charge in [-0.15, -0.1) is 0 Å². The molecule has 1 unspecified atom stereocenters. The third kappa shape index (κ3) is 4.16. The zero-order valence-electron chi connectivity index (χ0n) is 18.0. The van der Waals surface area contributed by atoms with Crippen LogP contribution in [0.25, 0.3) is 0 Å². The predicted octanol–water partition coefficient (Wildman–Crippen LogP) is 3.64. The van der Waals surface area contributed by atoms with Crippen LogP contribution in [0.1, 0.15) is 69.3 Å². The lowest BCUT2D eigenvalue weighted by Gasteiger charge is -2.24. The summed E-state index contributed by atoms with van der Waals surface area (Å²) in [6.07, 6.45) is 7.35. The number of rotatable bonds is 7. The molecule has 0 N–H and O–H groups in total. The van der Waals surface area contributed by atoms with Gasteiger partial charge in [0, 0.05) is 12.0 Å². The average Bonchev–Trinajstić information content (AvgIpc) is 3.31. The van der Waals surface area contributed by atoms with Gasteiger partial charge in [-0.25, -0.2) is 4.79 Å². The Labute approximate surface area is 176 Å². The van der Waals surface area contributed by atoms with Gasteiger partial charge in [-0.3, -0.25) is 9.59 Å². The number of furan rings is 1. The third-order valence-corrected chi connectivity index (χ3v) is 5.88. The van der Waals surface area contributed by atoms with E-state index in [-0.39, 0.29) is 38.6 Å². The lowest BCUT2D eigenvalue weighted by atomic mass is 9.83. The molecule has 30 heavy (non-hydrogen) atoms. The molecular weight excluding hydrogens is 388 g/mol. The standard InChI is InChI=1S/C23H30O7/c1-4-27-19(24)11-16-12-23(21(25)28-5-2,22(26)29-6-3)13-18(16)20-17-10-8-7-9-15(17)14-30-20/h11,14,18H,4-10,12-13H2,1-3H3. The van der Waals surface area contributed by atoms with Crippen molar-refractivity contribution in [2.24, 2.45) is 5.41 Å². The first-order valence-corrected chi connectivity index (χ1v) is 10.8. The van der Waals surface area contributed by atoms with Gasteiger partial charge in [-0.2, -0.15) is 0 Å². The van der Waals surface area contributed by atoms with E-state index < -0.39 is 23.3 Å². The molecule has 1 saturated carbocycles. The van der Waals surface area contributed by atoms with E-state index in [1.807, 2.05) is 0 Å². The number of hydrogen-bond acceptors (Lipinski definition) is 7. The molecule has 0 aliphatic heterocycles. The molecule has 0 radical (unpaired) electrons. The molecular formula is C23H30O7. The maximum atomic E-state index is 12.9. The van der Waals surface area contributed by atoms with Crippen LogP contribution in [-0.2, 0) is 41.4 Å². The Morgan fingerprint density at radius 1 is 1.03 bits per heavy atom. The van der Waals surface area contributed by atoms with E-state index in [9.17, 15) is 14.4 Å². The molecule has 1 atom stereocenters. The summed E-state index contributed by atoms with van der Waals surface area (Å²) in [4.78, 5) is 38.1. The van der Waals surface area contributed by atoms with E-state index >= 15 is 0 Å². The van der Waals surface area contributed by atoms with Crippen LogP contribution in [-0.4, -0.2) is 37.7 Å². The van der Waals surface area contributed by atoms with Crippen molar-refractivity contribution >= 4 is 17.9 Å². The van der Waals surface area contributed by atoms with Gasteiger partial charge in [0.25, 0.3) is 0 Å². The number of carbonyl (C=O) groups is 3. The Morgan fingerprint density at radius 2 is 1.67 bits per heavy atom. The van der Waals surface area contributed by atoms with E-state index in [1.54, 1.807) is 27.0 Å². The summed E-state index contributed by atoms with van der Waals surface area (Å²) in [6.45, 7) is 5.66. The predicted molar refractivity (Wildman–Crippen MR) is 108 cm³/mol. The number of aryl methyl sites for hydroxylation is 1. The van der Waals surface area contributed by atoms with Crippen molar-refractivity contribution in [2.45, 2.75) is 65.2 Å². The van der Waals surface area contributed by atoms with Crippen LogP contribution in [0, 0.1) is 5.41 Å². The van der Waals surface area contributed by atoms with Gasteiger partial charge in [0.15, 0.2) is 5.41 Å². The van der Waals surface area contributed by atoms with E-state index in [2.05, 4.69) is 0 Å². The second-order valence-corrected chi connectivity index (χ2v) is 7.74. The molecule has 164 valence electrons. The summed E-state index contributed by atoms with van der Waals surface area (Å²) >= 11 is 0. The highest BCUT2D eigenvalue weighted by atomic mass is 16.6. The SMILES string of the molecule is CCOC(=O)C=C1CC(C(=O)OCC)(C(=O)OCC)CC1c1occ2c1CCCC2. The van der Waals surface area contributed by atoms with Crippen molar-refractivity contribution < 1.29 is 33.0 Å². The summed E-state index contributed by atoms with van der Waals surface area (Å²) in [7, 11) is 0. The highest BCUT2D eigenvalue weighted by molar-refractivity contribution is 6.01. The van der Waals surface area contributed by atoms with Crippen LogP contribution in [0.15, 0.2) is 22.3 Å². The summed E-state index contributed by atoms with van der Waals surface area (Å²) in [6, 6.07) is 0. The third-order valence-electron chi connectivity index (χ3n) is 5.88. The van der Waals surface area contributed by atoms with E-state index in [0.717, 1.165) is 42.6 Å². The monoisotopic (exact) mass is 418 g/mol. The summed E-state index contributed by atoms with van der Waals surface area (Å²) in [5, 5.41) is 0. The minimum absolute atomic E-state index is 0.0453. The van der Waals surface area contributed by atoms with Gasteiger partial charge in [0.1, 0.15) is 5.76 Å². The van der Waals surface area contributed by atoms with Crippen molar-refractivity contribution in [3.05, 3.63) is 34.8 Å². The molecule has 1 aromatic rings. The minimum atomic E-state index is -1.50. The second-order valence-electron chi connectivity index (χ2n) is 7.74. The highest BCUT2D eigenvalue weighted by Gasteiger charge is 2.57. The van der Waals surface area contributed by atoms with Crippen LogP contribution in [0.2, 0.25) is 0 Å². The van der Waals surface area contributed by atoms with E-state index in [4.69, 9.17) is 18.6 Å². The molecule has 0 spiro atoms. The lowest BCUT2D eigenvalue weighted by Crippen LogP contribution is -2.40. The largest absolute Gasteiger partial charge is 0.468 e. The molecule has 7 heteroatoms. The number of fused-ring (bicyclic) bond motifs is 1. The smallest absolute Gasteiger partial charge is 0.330 e. The highest BCUT2D eigenvalue weighted by Crippen LogP contribution is 2.53. The molecule has 0 amide bonds. The molecule has 2 aliphatic carbocycles. The van der Waals surface area contributed by atoms with Crippen LogP contribution >= 0.6 is 0 Å². The van der Waals surface area contributed by atoms with E-state index in [1.165, 1.54) is 6.08 Å². The van der Waals surface area contributed by atoms with Gasteiger partial charge >= 0.3 is 17.9 Å². The zero-order valence-corrected chi connectivity index (χ0v) is 18.0. The van der Waals surface area contributed by atoms with Gasteiger partial charge < -0.3 is 18.6 Å². The summed E-state index contributed by atoms with van der Waals surface area (Å²) in [5.41, 5.74) is 1.43. The normalized spacial score (nSPS) is 21.2. The second kappa shape index (κ2) is 9.49. The first-order chi connectivity index (χ1) is 14.5. The van der Waals surface area contributed by atoms with Crippen molar-refractivity contribution in [3.8, 4) is 0 Å². The number of carbonyl (C=O) groups excluding carboxylic acids is 3. The van der Waals surface area contributed by atoms with Crippen molar-refractivity contribution in [3.63, 3.8) is 0 Å². The quantitative estimate of drug-likeness (QED) is 0.289. The zero-order chi connectivity index (χ0) is 21.7. The topological polar surface area (TPSA) is 92.0 Å². The average molecular weight is 418 g/mol. The van der Waals surface area contributed by atoms with Gasteiger partial charge in [0.05, 0.1) is 26.1 Å². The maximum absolute atomic E-state index is 12.9. The van der Waals surface area contributed by atoms with Crippen LogP contribution in [0.4, 0.5) is 0 Å². The number of ether oxygens (including phenoxy) is 3. The fourth-order valence-corrected chi connectivity index (χ4v) is 4.54. The Bertz CT molecular complexity index is 815. The number of allylic oxidation sites excluding steroid dienone is 1. The molecule has 0 aromatic carbocycles. The molecule has 1 fully saturated rings. The molecule has 1 aromatic heterocycles. The summed E-state index contributed by atoms with van der Waals surface area (Å²) in [5.74, 6) is -1.40. The molecule has 0 saturated heterocycles. The first kappa shape index (κ1) is 22.1. The molecule has 0 bridgehead atoms. The fraction of sp³-hybridized carbons (Fsp3) is 0.609. The van der Waals surface area contributed by atoms with Crippen LogP contribution in [0.3, 0.4) is 0 Å². The Balaban J connectivity index is 2.06. The first-order valence-electron chi connectivity index (χ1n) is 10.8. The Kier molecular flexibility index (Phi) is 7.00. The number of esters is 3. The van der Waals surface area contributed by atoms with Crippen molar-refractivity contribution in [1.82, 2.24) is 0 Å². The molecule has 3 rings (SSSR count). The Hall–Kier alpha value is -2.57. The Morgan fingerprint density at radius 3 is 2.30 bits per heavy atom.